The number of methoxy groups -OCH3 is 2. The summed E-state index contributed by atoms with van der Waals surface area (Å²) in [5.41, 5.74) is 1.56. The molecule has 2 amide bonds. The maximum absolute atomic E-state index is 12.9. The van der Waals surface area contributed by atoms with E-state index in [1.807, 2.05) is 24.3 Å². The lowest BCUT2D eigenvalue weighted by molar-refractivity contribution is -0.150. The monoisotopic (exact) mass is 442 g/mol. The number of carbonyl (C=O) groups is 4. The minimum atomic E-state index is -1.26. The van der Waals surface area contributed by atoms with Gasteiger partial charge in [0.15, 0.2) is 0 Å². The number of nitrogens with one attached hydrogen (secondary N) is 2. The number of rotatable bonds is 10. The lowest BCUT2D eigenvalue weighted by Crippen LogP contribution is -2.53. The van der Waals surface area contributed by atoms with E-state index in [0.29, 0.717) is 0 Å². The van der Waals surface area contributed by atoms with E-state index in [9.17, 15) is 19.2 Å². The van der Waals surface area contributed by atoms with Gasteiger partial charge in [0.25, 0.3) is 0 Å². The molecule has 0 aliphatic carbocycles. The highest BCUT2D eigenvalue weighted by molar-refractivity contribution is 5.91. The molecule has 2 N–H and O–H groups in total. The second kappa shape index (κ2) is 12.7. The summed E-state index contributed by atoms with van der Waals surface area (Å²) in [6.45, 7) is 0.0273. The highest BCUT2D eigenvalue weighted by Crippen LogP contribution is 2.07. The first-order valence-electron chi connectivity index (χ1n) is 9.89. The third-order valence-electron chi connectivity index (χ3n) is 4.50. The van der Waals surface area contributed by atoms with Crippen LogP contribution in [0, 0.1) is 0 Å². The van der Waals surface area contributed by atoms with E-state index < -0.39 is 42.4 Å². The van der Waals surface area contributed by atoms with Gasteiger partial charge in [-0.25, -0.2) is 9.59 Å². The van der Waals surface area contributed by atoms with Gasteiger partial charge in [0.2, 0.25) is 5.91 Å². The molecule has 0 saturated carbocycles. The van der Waals surface area contributed by atoms with Crippen LogP contribution in [0.1, 0.15) is 17.5 Å². The minimum absolute atomic E-state index is 0.0273. The molecule has 0 aliphatic rings. The van der Waals surface area contributed by atoms with Gasteiger partial charge in [-0.15, -0.1) is 0 Å². The van der Waals surface area contributed by atoms with Gasteiger partial charge < -0.3 is 24.8 Å². The van der Waals surface area contributed by atoms with Gasteiger partial charge in [-0.3, -0.25) is 9.59 Å². The summed E-state index contributed by atoms with van der Waals surface area (Å²) in [6.07, 6.45) is -1.07. The Bertz CT molecular complexity index is 903. The Morgan fingerprint density at radius 1 is 0.781 bits per heavy atom. The average Bonchev–Trinajstić information content (AvgIpc) is 2.82. The summed E-state index contributed by atoms with van der Waals surface area (Å²) in [5, 5.41) is 4.97. The molecule has 170 valence electrons. The molecule has 9 heteroatoms. The van der Waals surface area contributed by atoms with E-state index >= 15 is 0 Å². The molecular formula is C23H26N2O7. The molecule has 9 nitrogen and oxygen atoms in total. The van der Waals surface area contributed by atoms with Crippen LogP contribution in [0.15, 0.2) is 60.7 Å². The highest BCUT2D eigenvalue weighted by atomic mass is 16.5. The zero-order valence-electron chi connectivity index (χ0n) is 17.9. The smallest absolute Gasteiger partial charge is 0.408 e. The molecular weight excluding hydrogens is 416 g/mol. The summed E-state index contributed by atoms with van der Waals surface area (Å²) in [6, 6.07) is 15.8. The Balaban J connectivity index is 2.09. The molecule has 2 rings (SSSR count). The molecule has 2 aromatic carbocycles. The van der Waals surface area contributed by atoms with Crippen LogP contribution in [0.3, 0.4) is 0 Å². The van der Waals surface area contributed by atoms with Gasteiger partial charge in [-0.2, -0.15) is 0 Å². The fourth-order valence-electron chi connectivity index (χ4n) is 2.82. The number of alkyl carbamates (subject to hydrolysis) is 1. The third kappa shape index (κ3) is 8.10. The Kier molecular flexibility index (Phi) is 9.70. The quantitative estimate of drug-likeness (QED) is 0.425. The molecule has 0 unspecified atom stereocenters. The Hall–Kier alpha value is -3.88. The van der Waals surface area contributed by atoms with Crippen molar-refractivity contribution in [1.29, 1.82) is 0 Å². The first-order valence-corrected chi connectivity index (χ1v) is 9.89. The maximum atomic E-state index is 12.9. The molecule has 0 fully saturated rings. The second-order valence-electron chi connectivity index (χ2n) is 6.81. The average molecular weight is 442 g/mol. The van der Waals surface area contributed by atoms with Crippen LogP contribution in [0.5, 0.6) is 0 Å². The number of carbonyl (C=O) groups excluding carboxylic acids is 4. The van der Waals surface area contributed by atoms with Gasteiger partial charge in [0.05, 0.1) is 20.6 Å². The van der Waals surface area contributed by atoms with Crippen molar-refractivity contribution in [2.45, 2.75) is 31.5 Å². The zero-order valence-corrected chi connectivity index (χ0v) is 17.9. The fourth-order valence-corrected chi connectivity index (χ4v) is 2.82. The molecule has 2 aromatic rings. The number of amides is 2. The van der Waals surface area contributed by atoms with Crippen molar-refractivity contribution in [2.75, 3.05) is 14.2 Å². The third-order valence-corrected chi connectivity index (χ3v) is 4.50. The van der Waals surface area contributed by atoms with Crippen molar-refractivity contribution >= 4 is 23.9 Å². The summed E-state index contributed by atoms with van der Waals surface area (Å²) in [5.74, 6) is -2.19. The van der Waals surface area contributed by atoms with Crippen molar-refractivity contribution in [3.8, 4) is 0 Å². The number of hydrogen-bond donors (Lipinski definition) is 2. The van der Waals surface area contributed by atoms with Crippen molar-refractivity contribution in [3.63, 3.8) is 0 Å². The Morgan fingerprint density at radius 2 is 1.38 bits per heavy atom. The summed E-state index contributed by atoms with van der Waals surface area (Å²) < 4.78 is 14.4. The summed E-state index contributed by atoms with van der Waals surface area (Å²) in [4.78, 5) is 48.9. The van der Waals surface area contributed by atoms with Crippen molar-refractivity contribution < 1.29 is 33.4 Å². The molecule has 0 heterocycles. The van der Waals surface area contributed by atoms with Crippen LogP contribution >= 0.6 is 0 Å². The summed E-state index contributed by atoms with van der Waals surface area (Å²) in [7, 11) is 2.31. The van der Waals surface area contributed by atoms with E-state index in [-0.39, 0.29) is 13.0 Å². The zero-order chi connectivity index (χ0) is 23.3. The molecule has 0 bridgehead atoms. The second-order valence-corrected chi connectivity index (χ2v) is 6.81. The molecule has 0 radical (unpaired) electrons. The van der Waals surface area contributed by atoms with E-state index in [1.54, 1.807) is 36.4 Å². The van der Waals surface area contributed by atoms with E-state index in [4.69, 9.17) is 4.74 Å². The standard InChI is InChI=1S/C23H26N2O7/c1-30-20(26)14-19(22(28)31-2)24-21(27)18(13-16-9-5-3-6-10-16)25-23(29)32-15-17-11-7-4-8-12-17/h3-12,18-19H,13-15H2,1-2H3,(H,24,27)(H,25,29)/t18-,19-/m1/s1. The molecule has 32 heavy (non-hydrogen) atoms. The van der Waals surface area contributed by atoms with Gasteiger partial charge in [0, 0.05) is 6.42 Å². The van der Waals surface area contributed by atoms with Crippen LogP contribution in [-0.4, -0.2) is 50.2 Å². The molecule has 2 atom stereocenters. The van der Waals surface area contributed by atoms with Gasteiger partial charge in [0.1, 0.15) is 18.7 Å². The molecule has 0 saturated heterocycles. The van der Waals surface area contributed by atoms with Crippen molar-refractivity contribution in [2.24, 2.45) is 0 Å². The van der Waals surface area contributed by atoms with Crippen LogP contribution in [0.4, 0.5) is 4.79 Å². The first-order chi connectivity index (χ1) is 15.4. The Labute approximate surface area is 186 Å². The molecule has 0 spiro atoms. The van der Waals surface area contributed by atoms with E-state index in [1.165, 1.54) is 7.11 Å². The summed E-state index contributed by atoms with van der Waals surface area (Å²) >= 11 is 0. The van der Waals surface area contributed by atoms with Crippen LogP contribution in [0.2, 0.25) is 0 Å². The van der Waals surface area contributed by atoms with Crippen LogP contribution in [0.25, 0.3) is 0 Å². The molecule has 0 aliphatic heterocycles. The topological polar surface area (TPSA) is 120 Å². The van der Waals surface area contributed by atoms with Crippen LogP contribution < -0.4 is 10.6 Å². The van der Waals surface area contributed by atoms with E-state index in [0.717, 1.165) is 18.2 Å². The highest BCUT2D eigenvalue weighted by Gasteiger charge is 2.29. The van der Waals surface area contributed by atoms with Gasteiger partial charge in [-0.1, -0.05) is 60.7 Å². The van der Waals surface area contributed by atoms with Crippen LogP contribution in [-0.2, 0) is 41.6 Å². The Morgan fingerprint density at radius 3 is 1.94 bits per heavy atom. The predicted molar refractivity (Wildman–Crippen MR) is 114 cm³/mol. The number of hydrogen-bond acceptors (Lipinski definition) is 7. The maximum Gasteiger partial charge on any atom is 0.408 e. The lowest BCUT2D eigenvalue weighted by Gasteiger charge is -2.22. The first kappa shape index (κ1) is 24.4. The normalized spacial score (nSPS) is 12.1. The molecule has 0 aromatic heterocycles. The number of esters is 2. The minimum Gasteiger partial charge on any atom is -0.469 e. The largest absolute Gasteiger partial charge is 0.469 e. The SMILES string of the molecule is COC(=O)C[C@@H](NC(=O)[C@@H](Cc1ccccc1)NC(=O)OCc1ccccc1)C(=O)OC. The van der Waals surface area contributed by atoms with E-state index in [2.05, 4.69) is 20.1 Å². The lowest BCUT2D eigenvalue weighted by atomic mass is 10.0. The number of benzene rings is 2. The predicted octanol–water partition coefficient (Wildman–Crippen LogP) is 1.74. The van der Waals surface area contributed by atoms with Gasteiger partial charge in [-0.05, 0) is 11.1 Å². The van der Waals surface area contributed by atoms with Gasteiger partial charge >= 0.3 is 18.0 Å². The number of ether oxygens (including phenoxy) is 3. The van der Waals surface area contributed by atoms with Crippen molar-refractivity contribution in [1.82, 2.24) is 10.6 Å². The van der Waals surface area contributed by atoms with Crippen molar-refractivity contribution in [3.05, 3.63) is 71.8 Å². The fraction of sp³-hybridized carbons (Fsp3) is 0.304.